The maximum Gasteiger partial charge on any atom is 0.289 e. The average molecular weight is 309 g/mol. The van der Waals surface area contributed by atoms with Gasteiger partial charge in [0.15, 0.2) is 0 Å². The maximum atomic E-state index is 13.1. The summed E-state index contributed by atoms with van der Waals surface area (Å²) >= 11 is 11.1. The van der Waals surface area contributed by atoms with Crippen molar-refractivity contribution in [2.24, 2.45) is 5.73 Å². The Morgan fingerprint density at radius 2 is 1.88 bits per heavy atom. The van der Waals surface area contributed by atoms with Gasteiger partial charge in [-0.15, -0.1) is 12.4 Å². The molecule has 0 heterocycles. The number of aromatic hydroxyl groups is 1. The fourth-order valence-electron chi connectivity index (χ4n) is 1.13. The fraction of sp³-hybridized carbons (Fsp3) is 0.333. The molecule has 3 nitrogen and oxygen atoms in total. The van der Waals surface area contributed by atoms with E-state index in [1.54, 1.807) is 0 Å². The number of hydrogen-bond donors (Lipinski definition) is 3. The first kappa shape index (κ1) is 16.7. The summed E-state index contributed by atoms with van der Waals surface area (Å²) in [5, 5.41) is 17.7. The maximum absolute atomic E-state index is 13.1. The van der Waals surface area contributed by atoms with Gasteiger partial charge in [-0.3, -0.25) is 0 Å². The Morgan fingerprint density at radius 1 is 1.35 bits per heavy atom. The van der Waals surface area contributed by atoms with Crippen molar-refractivity contribution in [3.63, 3.8) is 0 Å². The molecule has 0 radical (unpaired) electrons. The quantitative estimate of drug-likeness (QED) is 0.804. The first-order valence-corrected chi connectivity index (χ1v) is 4.98. The molecule has 0 aromatic heterocycles. The Hall–Kier alpha value is -0.330. The SMILES string of the molecule is Cl.N[C@H](c1ccc(Cl)c(Cl)c1O)C(F)(F)CO. The monoisotopic (exact) mass is 307 g/mol. The molecule has 0 unspecified atom stereocenters. The molecule has 0 amide bonds. The highest BCUT2D eigenvalue weighted by Crippen LogP contribution is 2.40. The molecular weight excluding hydrogens is 298 g/mol. The molecule has 8 heteroatoms. The van der Waals surface area contributed by atoms with Crippen LogP contribution < -0.4 is 5.73 Å². The van der Waals surface area contributed by atoms with Gasteiger partial charge in [-0.2, -0.15) is 0 Å². The second-order valence-electron chi connectivity index (χ2n) is 3.20. The molecule has 1 atom stereocenters. The van der Waals surface area contributed by atoms with Crippen molar-refractivity contribution < 1.29 is 19.0 Å². The van der Waals surface area contributed by atoms with E-state index in [1.807, 2.05) is 0 Å². The van der Waals surface area contributed by atoms with Gasteiger partial charge in [0, 0.05) is 5.56 Å². The summed E-state index contributed by atoms with van der Waals surface area (Å²) in [5.41, 5.74) is 4.96. The molecule has 0 bridgehead atoms. The van der Waals surface area contributed by atoms with Crippen LogP contribution in [0.4, 0.5) is 8.78 Å². The van der Waals surface area contributed by atoms with Crippen molar-refractivity contribution in [3.8, 4) is 5.75 Å². The van der Waals surface area contributed by atoms with Crippen molar-refractivity contribution in [1.82, 2.24) is 0 Å². The van der Waals surface area contributed by atoms with E-state index in [4.69, 9.17) is 34.0 Å². The van der Waals surface area contributed by atoms with Crippen LogP contribution in [0, 0.1) is 0 Å². The molecule has 0 aliphatic heterocycles. The molecule has 0 fully saturated rings. The van der Waals surface area contributed by atoms with Crippen molar-refractivity contribution in [2.75, 3.05) is 6.61 Å². The lowest BCUT2D eigenvalue weighted by atomic mass is 10.0. The summed E-state index contributed by atoms with van der Waals surface area (Å²) in [7, 11) is 0. The topological polar surface area (TPSA) is 66.5 Å². The molecule has 98 valence electrons. The van der Waals surface area contributed by atoms with Gasteiger partial charge in [0.25, 0.3) is 5.92 Å². The van der Waals surface area contributed by atoms with Crippen LogP contribution >= 0.6 is 35.6 Å². The third-order valence-corrected chi connectivity index (χ3v) is 2.90. The van der Waals surface area contributed by atoms with Crippen LogP contribution in [0.3, 0.4) is 0 Å². The fourth-order valence-corrected chi connectivity index (χ4v) is 1.46. The van der Waals surface area contributed by atoms with Crippen LogP contribution in [0.25, 0.3) is 0 Å². The standard InChI is InChI=1S/C9H9Cl2F2NO2.ClH/c10-5-2-1-4(7(16)6(5)11)8(14)9(12,13)3-15;/h1-2,8,15-16H,3,14H2;1H/t8-;/m1./s1. The average Bonchev–Trinajstić information content (AvgIpc) is 2.25. The van der Waals surface area contributed by atoms with Gasteiger partial charge >= 0.3 is 0 Å². The molecule has 1 aromatic carbocycles. The number of aliphatic hydroxyl groups excluding tert-OH is 1. The summed E-state index contributed by atoms with van der Waals surface area (Å²) in [6.07, 6.45) is 0. The zero-order valence-electron chi connectivity index (χ0n) is 8.33. The Labute approximate surface area is 113 Å². The number of phenolic OH excluding ortho intramolecular Hbond substituents is 1. The van der Waals surface area contributed by atoms with E-state index < -0.39 is 24.3 Å². The summed E-state index contributed by atoms with van der Waals surface area (Å²) in [5.74, 6) is -4.15. The minimum atomic E-state index is -3.55. The first-order chi connectivity index (χ1) is 7.31. The van der Waals surface area contributed by atoms with E-state index in [9.17, 15) is 13.9 Å². The van der Waals surface area contributed by atoms with Crippen LogP contribution in [0.5, 0.6) is 5.75 Å². The molecule has 0 saturated heterocycles. The number of phenols is 1. The molecule has 1 aromatic rings. The smallest absolute Gasteiger partial charge is 0.289 e. The Kier molecular flexibility index (Phi) is 5.90. The van der Waals surface area contributed by atoms with E-state index in [-0.39, 0.29) is 28.0 Å². The van der Waals surface area contributed by atoms with Gasteiger partial charge in [-0.1, -0.05) is 29.3 Å². The zero-order valence-corrected chi connectivity index (χ0v) is 10.7. The number of alkyl halides is 2. The minimum absolute atomic E-state index is 0. The van der Waals surface area contributed by atoms with Gasteiger partial charge < -0.3 is 15.9 Å². The molecule has 4 N–H and O–H groups in total. The van der Waals surface area contributed by atoms with Gasteiger partial charge in [0.05, 0.1) is 5.02 Å². The second kappa shape index (κ2) is 6.02. The predicted molar refractivity (Wildman–Crippen MR) is 64.3 cm³/mol. The highest BCUT2D eigenvalue weighted by Gasteiger charge is 2.39. The molecule has 0 aliphatic carbocycles. The van der Waals surface area contributed by atoms with E-state index in [1.165, 1.54) is 6.07 Å². The molecule has 17 heavy (non-hydrogen) atoms. The van der Waals surface area contributed by atoms with Gasteiger partial charge in [-0.25, -0.2) is 8.78 Å². The lowest BCUT2D eigenvalue weighted by molar-refractivity contribution is -0.0715. The summed E-state index contributed by atoms with van der Waals surface area (Å²) in [6, 6.07) is 0.525. The number of hydrogen-bond acceptors (Lipinski definition) is 3. The third-order valence-electron chi connectivity index (χ3n) is 2.10. The highest BCUT2D eigenvalue weighted by atomic mass is 35.5. The lowest BCUT2D eigenvalue weighted by Gasteiger charge is -2.22. The van der Waals surface area contributed by atoms with Crippen LogP contribution in [-0.4, -0.2) is 22.7 Å². The molecule has 0 aliphatic rings. The van der Waals surface area contributed by atoms with Gasteiger partial charge in [-0.05, 0) is 6.07 Å². The molecule has 1 rings (SSSR count). The van der Waals surface area contributed by atoms with E-state index in [0.717, 1.165) is 6.07 Å². The van der Waals surface area contributed by atoms with Crippen LogP contribution in [0.1, 0.15) is 11.6 Å². The summed E-state index contributed by atoms with van der Waals surface area (Å²) < 4.78 is 26.2. The Morgan fingerprint density at radius 3 is 2.35 bits per heavy atom. The first-order valence-electron chi connectivity index (χ1n) is 4.22. The van der Waals surface area contributed by atoms with Crippen molar-refractivity contribution in [1.29, 1.82) is 0 Å². The van der Waals surface area contributed by atoms with E-state index in [0.29, 0.717) is 0 Å². The normalized spacial score (nSPS) is 13.1. The predicted octanol–water partition coefficient (Wildman–Crippen LogP) is 2.75. The number of benzene rings is 1. The number of rotatable bonds is 3. The van der Waals surface area contributed by atoms with Crippen LogP contribution in [-0.2, 0) is 0 Å². The lowest BCUT2D eigenvalue weighted by Crippen LogP contribution is -2.36. The zero-order chi connectivity index (χ0) is 12.5. The van der Waals surface area contributed by atoms with Gasteiger partial charge in [0.2, 0.25) is 0 Å². The van der Waals surface area contributed by atoms with Crippen LogP contribution in [0.2, 0.25) is 10.0 Å². The summed E-state index contributed by atoms with van der Waals surface area (Å²) in [4.78, 5) is 0. The third kappa shape index (κ3) is 3.33. The molecule has 0 saturated carbocycles. The molecule has 0 spiro atoms. The largest absolute Gasteiger partial charge is 0.506 e. The van der Waals surface area contributed by atoms with Gasteiger partial charge in [0.1, 0.15) is 23.4 Å². The van der Waals surface area contributed by atoms with E-state index >= 15 is 0 Å². The number of aliphatic hydroxyl groups is 1. The highest BCUT2D eigenvalue weighted by molar-refractivity contribution is 6.43. The number of nitrogens with two attached hydrogens (primary N) is 1. The second-order valence-corrected chi connectivity index (χ2v) is 3.98. The Bertz CT molecular complexity index is 404. The minimum Gasteiger partial charge on any atom is -0.506 e. The Balaban J connectivity index is 0.00000256. The van der Waals surface area contributed by atoms with Crippen LogP contribution in [0.15, 0.2) is 12.1 Å². The van der Waals surface area contributed by atoms with Crippen molar-refractivity contribution in [3.05, 3.63) is 27.7 Å². The van der Waals surface area contributed by atoms with Crippen molar-refractivity contribution >= 4 is 35.6 Å². The number of halogens is 5. The van der Waals surface area contributed by atoms with E-state index in [2.05, 4.69) is 0 Å². The molecular formula is C9H10Cl3F2NO2. The summed E-state index contributed by atoms with van der Waals surface area (Å²) in [6.45, 7) is -1.42. The van der Waals surface area contributed by atoms with Crippen molar-refractivity contribution in [2.45, 2.75) is 12.0 Å².